The van der Waals surface area contributed by atoms with Crippen LogP contribution >= 0.6 is 0 Å². The van der Waals surface area contributed by atoms with Crippen LogP contribution in [0, 0.1) is 5.92 Å². The Labute approximate surface area is 126 Å². The predicted octanol–water partition coefficient (Wildman–Crippen LogP) is 4.37. The highest BCUT2D eigenvalue weighted by atomic mass is 16.5. The summed E-state index contributed by atoms with van der Waals surface area (Å²) < 4.78 is 5.38. The van der Waals surface area contributed by atoms with Crippen LogP contribution in [0.4, 0.5) is 5.69 Å². The van der Waals surface area contributed by atoms with Gasteiger partial charge in [-0.05, 0) is 30.9 Å². The third-order valence-corrected chi connectivity index (χ3v) is 4.43. The first-order valence-corrected chi connectivity index (χ1v) is 7.96. The molecule has 1 saturated carbocycles. The predicted molar refractivity (Wildman–Crippen MR) is 83.1 cm³/mol. The molecule has 0 bridgehead atoms. The van der Waals surface area contributed by atoms with Gasteiger partial charge in [-0.3, -0.25) is 0 Å². The standard InChI is InChI=1S/C17H23N3O/c1-2-13-7-6-8-14(11-13)17-19-16(21-20-17)12-18-15-9-4-3-5-10-15/h3-5,9-10,13-14,18H,2,6-8,11-12H2,1H3. The van der Waals surface area contributed by atoms with Gasteiger partial charge in [0.05, 0.1) is 6.54 Å². The van der Waals surface area contributed by atoms with Crippen LogP contribution in [0.5, 0.6) is 0 Å². The highest BCUT2D eigenvalue weighted by molar-refractivity contribution is 5.42. The first kappa shape index (κ1) is 14.1. The van der Waals surface area contributed by atoms with Crippen LogP contribution in [0.1, 0.15) is 56.7 Å². The minimum atomic E-state index is 0.484. The van der Waals surface area contributed by atoms with Gasteiger partial charge >= 0.3 is 0 Å². The van der Waals surface area contributed by atoms with E-state index in [4.69, 9.17) is 4.52 Å². The Balaban J connectivity index is 1.58. The lowest BCUT2D eigenvalue weighted by Crippen LogP contribution is -2.14. The van der Waals surface area contributed by atoms with Crippen molar-refractivity contribution in [3.8, 4) is 0 Å². The Morgan fingerprint density at radius 2 is 2.10 bits per heavy atom. The molecule has 2 atom stereocenters. The van der Waals surface area contributed by atoms with Crippen molar-refractivity contribution in [1.29, 1.82) is 0 Å². The van der Waals surface area contributed by atoms with Crippen molar-refractivity contribution >= 4 is 5.69 Å². The largest absolute Gasteiger partial charge is 0.376 e. The van der Waals surface area contributed by atoms with Crippen molar-refractivity contribution in [2.24, 2.45) is 5.92 Å². The van der Waals surface area contributed by atoms with Gasteiger partial charge in [-0.1, -0.05) is 49.5 Å². The van der Waals surface area contributed by atoms with Gasteiger partial charge in [-0.25, -0.2) is 0 Å². The lowest BCUT2D eigenvalue weighted by Gasteiger charge is -2.26. The van der Waals surface area contributed by atoms with E-state index in [9.17, 15) is 0 Å². The van der Waals surface area contributed by atoms with Crippen molar-refractivity contribution in [3.05, 3.63) is 42.0 Å². The van der Waals surface area contributed by atoms with Crippen LogP contribution in [0.2, 0.25) is 0 Å². The van der Waals surface area contributed by atoms with Gasteiger partial charge in [0.1, 0.15) is 0 Å². The molecule has 1 aliphatic carbocycles. The molecule has 3 rings (SSSR count). The number of aromatic nitrogens is 2. The third kappa shape index (κ3) is 3.63. The maximum Gasteiger partial charge on any atom is 0.245 e. The Morgan fingerprint density at radius 1 is 1.24 bits per heavy atom. The number of para-hydroxylation sites is 1. The summed E-state index contributed by atoms with van der Waals surface area (Å²) in [6.45, 7) is 2.86. The molecule has 1 aromatic heterocycles. The van der Waals surface area contributed by atoms with Crippen LogP contribution in [-0.4, -0.2) is 10.1 Å². The molecule has 2 unspecified atom stereocenters. The molecule has 1 fully saturated rings. The number of hydrogen-bond donors (Lipinski definition) is 1. The van der Waals surface area contributed by atoms with Crippen LogP contribution in [-0.2, 0) is 6.54 Å². The summed E-state index contributed by atoms with van der Waals surface area (Å²) in [4.78, 5) is 4.58. The van der Waals surface area contributed by atoms with E-state index in [1.54, 1.807) is 0 Å². The maximum atomic E-state index is 5.38. The van der Waals surface area contributed by atoms with E-state index < -0.39 is 0 Å². The number of anilines is 1. The van der Waals surface area contributed by atoms with Crippen LogP contribution in [0.3, 0.4) is 0 Å². The topological polar surface area (TPSA) is 51.0 Å². The Morgan fingerprint density at radius 3 is 2.90 bits per heavy atom. The number of nitrogens with zero attached hydrogens (tertiary/aromatic N) is 2. The molecule has 1 heterocycles. The fourth-order valence-corrected chi connectivity index (χ4v) is 3.14. The summed E-state index contributed by atoms with van der Waals surface area (Å²) in [6, 6.07) is 10.1. The summed E-state index contributed by atoms with van der Waals surface area (Å²) >= 11 is 0. The van der Waals surface area contributed by atoms with Gasteiger partial charge in [-0.15, -0.1) is 0 Å². The molecule has 21 heavy (non-hydrogen) atoms. The first-order chi connectivity index (χ1) is 10.3. The van der Waals surface area contributed by atoms with Crippen molar-refractivity contribution < 1.29 is 4.52 Å². The van der Waals surface area contributed by atoms with Crippen molar-refractivity contribution in [2.45, 2.75) is 51.5 Å². The molecule has 0 spiro atoms. The Bertz CT molecular complexity index is 552. The molecule has 2 aromatic rings. The monoisotopic (exact) mass is 285 g/mol. The minimum Gasteiger partial charge on any atom is -0.376 e. The molecule has 0 saturated heterocycles. The fourth-order valence-electron chi connectivity index (χ4n) is 3.14. The zero-order valence-electron chi connectivity index (χ0n) is 12.6. The lowest BCUT2D eigenvalue weighted by molar-refractivity contribution is 0.298. The average Bonchev–Trinajstić information content (AvgIpc) is 3.03. The summed E-state index contributed by atoms with van der Waals surface area (Å²) in [5, 5.41) is 7.50. The van der Waals surface area contributed by atoms with Gasteiger partial charge in [0, 0.05) is 11.6 Å². The third-order valence-electron chi connectivity index (χ3n) is 4.43. The summed E-state index contributed by atoms with van der Waals surface area (Å²) in [5.74, 6) is 2.89. The van der Waals surface area contributed by atoms with Gasteiger partial charge in [0.25, 0.3) is 0 Å². The van der Waals surface area contributed by atoms with E-state index in [2.05, 4.69) is 22.4 Å². The SMILES string of the molecule is CCC1CCCC(c2noc(CNc3ccccc3)n2)C1. The van der Waals surface area contributed by atoms with Crippen LogP contribution < -0.4 is 5.32 Å². The molecule has 0 radical (unpaired) electrons. The van der Waals surface area contributed by atoms with E-state index in [0.29, 0.717) is 18.4 Å². The van der Waals surface area contributed by atoms with Crippen LogP contribution in [0.15, 0.2) is 34.9 Å². The van der Waals surface area contributed by atoms with Gasteiger partial charge < -0.3 is 9.84 Å². The number of rotatable bonds is 5. The van der Waals surface area contributed by atoms with Gasteiger partial charge in [0.15, 0.2) is 5.82 Å². The molecule has 1 aliphatic rings. The minimum absolute atomic E-state index is 0.484. The second kappa shape index (κ2) is 6.74. The molecular formula is C17H23N3O. The number of benzene rings is 1. The van der Waals surface area contributed by atoms with E-state index in [1.165, 1.54) is 32.1 Å². The molecule has 1 N–H and O–H groups in total. The Kier molecular flexibility index (Phi) is 4.53. The van der Waals surface area contributed by atoms with E-state index >= 15 is 0 Å². The quantitative estimate of drug-likeness (QED) is 0.886. The highest BCUT2D eigenvalue weighted by Gasteiger charge is 2.25. The lowest BCUT2D eigenvalue weighted by atomic mass is 9.80. The number of hydrogen-bond acceptors (Lipinski definition) is 4. The maximum absolute atomic E-state index is 5.38. The van der Waals surface area contributed by atoms with Gasteiger partial charge in [-0.2, -0.15) is 4.98 Å². The van der Waals surface area contributed by atoms with Gasteiger partial charge in [0.2, 0.25) is 5.89 Å². The second-order valence-electron chi connectivity index (χ2n) is 5.90. The average molecular weight is 285 g/mol. The molecule has 4 nitrogen and oxygen atoms in total. The summed E-state index contributed by atoms with van der Waals surface area (Å²) in [5.41, 5.74) is 1.07. The van der Waals surface area contributed by atoms with Crippen molar-refractivity contribution in [3.63, 3.8) is 0 Å². The van der Waals surface area contributed by atoms with E-state index in [1.807, 2.05) is 30.3 Å². The smallest absolute Gasteiger partial charge is 0.245 e. The zero-order chi connectivity index (χ0) is 14.5. The number of nitrogens with one attached hydrogen (secondary N) is 1. The normalized spacial score (nSPS) is 22.1. The summed E-state index contributed by atoms with van der Waals surface area (Å²) in [6.07, 6.45) is 6.31. The molecule has 0 aliphatic heterocycles. The highest BCUT2D eigenvalue weighted by Crippen LogP contribution is 2.36. The molecule has 4 heteroatoms. The van der Waals surface area contributed by atoms with E-state index in [-0.39, 0.29) is 0 Å². The van der Waals surface area contributed by atoms with Crippen molar-refractivity contribution in [2.75, 3.05) is 5.32 Å². The molecule has 0 amide bonds. The molecular weight excluding hydrogens is 262 g/mol. The van der Waals surface area contributed by atoms with Crippen molar-refractivity contribution in [1.82, 2.24) is 10.1 Å². The summed E-state index contributed by atoms with van der Waals surface area (Å²) in [7, 11) is 0. The zero-order valence-corrected chi connectivity index (χ0v) is 12.6. The molecule has 1 aromatic carbocycles. The second-order valence-corrected chi connectivity index (χ2v) is 5.90. The van der Waals surface area contributed by atoms with E-state index in [0.717, 1.165) is 17.4 Å². The first-order valence-electron chi connectivity index (χ1n) is 7.96. The Hall–Kier alpha value is -1.84. The molecule has 112 valence electrons. The van der Waals surface area contributed by atoms with Crippen LogP contribution in [0.25, 0.3) is 0 Å². The fraction of sp³-hybridized carbons (Fsp3) is 0.529.